The van der Waals surface area contributed by atoms with E-state index in [0.717, 1.165) is 24.5 Å². The van der Waals surface area contributed by atoms with Crippen LogP contribution in [0.1, 0.15) is 21.8 Å². The van der Waals surface area contributed by atoms with Crippen molar-refractivity contribution in [2.45, 2.75) is 13.3 Å². The lowest BCUT2D eigenvalue weighted by Crippen LogP contribution is -2.28. The van der Waals surface area contributed by atoms with E-state index in [-0.39, 0.29) is 6.61 Å². The van der Waals surface area contributed by atoms with Gasteiger partial charge in [-0.15, -0.1) is 21.5 Å². The van der Waals surface area contributed by atoms with Crippen molar-refractivity contribution >= 4 is 35.9 Å². The predicted octanol–water partition coefficient (Wildman–Crippen LogP) is 2.49. The summed E-state index contributed by atoms with van der Waals surface area (Å²) in [6.07, 6.45) is 0.814. The van der Waals surface area contributed by atoms with E-state index in [4.69, 9.17) is 9.47 Å². The summed E-state index contributed by atoms with van der Waals surface area (Å²) in [6, 6.07) is 15.6. The molecule has 0 aliphatic carbocycles. The molecule has 0 saturated carbocycles. The van der Waals surface area contributed by atoms with Crippen molar-refractivity contribution in [1.82, 2.24) is 4.98 Å². The molecule has 29 heavy (non-hydrogen) atoms. The van der Waals surface area contributed by atoms with Crippen LogP contribution < -0.4 is 10.2 Å². The van der Waals surface area contributed by atoms with Gasteiger partial charge in [0.15, 0.2) is 0 Å². The zero-order valence-corrected chi connectivity index (χ0v) is 16.7. The van der Waals surface area contributed by atoms with Crippen molar-refractivity contribution in [2.24, 2.45) is 10.2 Å². The van der Waals surface area contributed by atoms with Crippen LogP contribution in [0.4, 0.5) is 0 Å². The Balaban J connectivity index is 1.49. The minimum Gasteiger partial charge on any atom is -0.493 e. The Labute approximate surface area is 173 Å². The normalized spacial score (nSPS) is 13.3. The Bertz CT molecular complexity index is 1050. The molecule has 2 aromatic carbocycles. The molecule has 2 heterocycles. The van der Waals surface area contributed by atoms with Crippen molar-refractivity contribution in [1.29, 1.82) is 0 Å². The highest BCUT2D eigenvalue weighted by Gasteiger charge is 2.19. The Morgan fingerprint density at radius 3 is 2.72 bits per heavy atom. The number of rotatable bonds is 7. The average Bonchev–Trinajstić information content (AvgIpc) is 3.21. The number of thiazole rings is 1. The van der Waals surface area contributed by atoms with E-state index >= 15 is 0 Å². The Hall–Kier alpha value is -2.97. The van der Waals surface area contributed by atoms with Gasteiger partial charge in [-0.1, -0.05) is 36.4 Å². The highest BCUT2D eigenvalue weighted by atomic mass is 32.1. The third-order valence-electron chi connectivity index (χ3n) is 4.42. The molecule has 1 radical (unpaired) electrons. The lowest BCUT2D eigenvalue weighted by Gasteiger charge is -2.16. The molecule has 4 rings (SSSR count). The maximum atomic E-state index is 9.59. The van der Waals surface area contributed by atoms with E-state index in [1.54, 1.807) is 6.07 Å². The molecule has 0 bridgehead atoms. The van der Waals surface area contributed by atoms with Crippen molar-refractivity contribution < 1.29 is 14.5 Å². The van der Waals surface area contributed by atoms with Gasteiger partial charge in [-0.3, -0.25) is 0 Å². The van der Waals surface area contributed by atoms with Crippen LogP contribution in [0.3, 0.4) is 0 Å². The maximum Gasteiger partial charge on any atom is 0.327 e. The monoisotopic (exact) mass is 404 g/mol. The van der Waals surface area contributed by atoms with Crippen LogP contribution in [0.5, 0.6) is 5.75 Å². The first-order chi connectivity index (χ1) is 14.2. The Morgan fingerprint density at radius 1 is 1.17 bits per heavy atom. The summed E-state index contributed by atoms with van der Waals surface area (Å²) in [6.45, 7) is 2.72. The van der Waals surface area contributed by atoms with E-state index in [2.05, 4.69) is 27.3 Å². The molecule has 0 atom stereocenters. The van der Waals surface area contributed by atoms with Crippen LogP contribution in [0.25, 0.3) is 0 Å². The summed E-state index contributed by atoms with van der Waals surface area (Å²) in [5, 5.41) is 20.9. The van der Waals surface area contributed by atoms with Crippen LogP contribution in [-0.4, -0.2) is 42.3 Å². The second-order valence-corrected chi connectivity index (χ2v) is 7.52. The van der Waals surface area contributed by atoms with Gasteiger partial charge in [0, 0.05) is 17.4 Å². The van der Waals surface area contributed by atoms with Crippen LogP contribution in [0.2, 0.25) is 0 Å². The molecular weight excluding hydrogens is 385 g/mol. The average molecular weight is 404 g/mol. The fraction of sp³-hybridized carbons (Fsp3) is 0.190. The molecule has 8 heteroatoms. The lowest BCUT2D eigenvalue weighted by molar-refractivity contribution is 0.322. The molecule has 1 aromatic heterocycles. The number of aryl methyl sites for hydroxylation is 1. The van der Waals surface area contributed by atoms with Crippen LogP contribution in [0.15, 0.2) is 64.1 Å². The van der Waals surface area contributed by atoms with E-state index in [1.807, 2.05) is 42.6 Å². The fourth-order valence-electron chi connectivity index (χ4n) is 2.94. The van der Waals surface area contributed by atoms with Gasteiger partial charge in [-0.25, -0.2) is 4.98 Å². The van der Waals surface area contributed by atoms with E-state index in [1.165, 1.54) is 16.9 Å². The number of ether oxygens (including phenoxy) is 2. The number of nitrogens with zero attached hydrogens (tertiary/aromatic N) is 3. The summed E-state index contributed by atoms with van der Waals surface area (Å²) in [4.78, 5) is 4.37. The molecule has 0 amide bonds. The van der Waals surface area contributed by atoms with E-state index in [9.17, 15) is 5.02 Å². The molecule has 3 aromatic rings. The first-order valence-electron chi connectivity index (χ1n) is 9.21. The number of hydrogen-bond acceptors (Lipinski definition) is 7. The maximum absolute atomic E-state index is 9.59. The zero-order valence-electron chi connectivity index (χ0n) is 15.9. The fourth-order valence-corrected chi connectivity index (χ4v) is 3.52. The van der Waals surface area contributed by atoms with Gasteiger partial charge in [-0.05, 0) is 30.1 Å². The Kier molecular flexibility index (Phi) is 6.02. The quantitative estimate of drug-likeness (QED) is 0.614. The SMILES string of the molecule is Cc1nc(C2=NN=C(c3cc(OCCc4ccccc4)ccc3[B]O)CO2)cs1. The van der Waals surface area contributed by atoms with Gasteiger partial charge in [0.25, 0.3) is 5.90 Å². The molecule has 0 fully saturated rings. The van der Waals surface area contributed by atoms with Crippen molar-refractivity contribution in [3.05, 3.63) is 75.7 Å². The van der Waals surface area contributed by atoms with Crippen LogP contribution >= 0.6 is 11.3 Å². The highest BCUT2D eigenvalue weighted by molar-refractivity contribution is 7.09. The third-order valence-corrected chi connectivity index (χ3v) is 5.20. The topological polar surface area (TPSA) is 76.3 Å². The zero-order chi connectivity index (χ0) is 20.1. The van der Waals surface area contributed by atoms with Gasteiger partial charge in [0.1, 0.15) is 23.8 Å². The van der Waals surface area contributed by atoms with Gasteiger partial charge < -0.3 is 14.5 Å². The second kappa shape index (κ2) is 9.02. The number of aromatic nitrogens is 1. The third kappa shape index (κ3) is 4.72. The molecule has 1 aliphatic heterocycles. The summed E-state index contributed by atoms with van der Waals surface area (Å²) in [7, 11) is 1.05. The number of hydrogen-bond donors (Lipinski definition) is 1. The van der Waals surface area contributed by atoms with Gasteiger partial charge in [-0.2, -0.15) is 0 Å². The first-order valence-corrected chi connectivity index (χ1v) is 10.1. The smallest absolute Gasteiger partial charge is 0.327 e. The molecular formula is C21H19BN3O3S. The standard InChI is InChI=1S/C21H19BN3O3S/c1-14-23-20(13-29-14)21-25-24-19(12-28-21)17-11-16(7-8-18(17)22-26)27-10-9-15-5-3-2-4-6-15/h2-8,11,13,26H,9-10,12H2,1H3. The highest BCUT2D eigenvalue weighted by Crippen LogP contribution is 2.17. The first kappa shape index (κ1) is 19.4. The predicted molar refractivity (Wildman–Crippen MR) is 116 cm³/mol. The minimum atomic E-state index is 0.240. The largest absolute Gasteiger partial charge is 0.493 e. The van der Waals surface area contributed by atoms with Crippen LogP contribution in [-0.2, 0) is 11.2 Å². The lowest BCUT2D eigenvalue weighted by atomic mass is 9.82. The van der Waals surface area contributed by atoms with Crippen molar-refractivity contribution in [3.8, 4) is 5.75 Å². The van der Waals surface area contributed by atoms with Crippen molar-refractivity contribution in [3.63, 3.8) is 0 Å². The Morgan fingerprint density at radius 2 is 2.03 bits per heavy atom. The van der Waals surface area contributed by atoms with Crippen LogP contribution in [0, 0.1) is 6.92 Å². The minimum absolute atomic E-state index is 0.240. The second-order valence-electron chi connectivity index (χ2n) is 6.45. The molecule has 0 saturated heterocycles. The summed E-state index contributed by atoms with van der Waals surface area (Å²) >= 11 is 1.53. The summed E-state index contributed by atoms with van der Waals surface area (Å²) in [5.74, 6) is 1.11. The molecule has 145 valence electrons. The van der Waals surface area contributed by atoms with Crippen molar-refractivity contribution in [2.75, 3.05) is 13.2 Å². The van der Waals surface area contributed by atoms with Gasteiger partial charge >= 0.3 is 7.48 Å². The van der Waals surface area contributed by atoms with E-state index < -0.39 is 0 Å². The molecule has 1 aliphatic rings. The summed E-state index contributed by atoms with van der Waals surface area (Å²) in [5.41, 5.74) is 3.88. The number of benzene rings is 2. The van der Waals surface area contributed by atoms with E-state index in [0.29, 0.717) is 35.1 Å². The molecule has 1 N–H and O–H groups in total. The summed E-state index contributed by atoms with van der Waals surface area (Å²) < 4.78 is 11.6. The molecule has 0 unspecified atom stereocenters. The van der Waals surface area contributed by atoms with Gasteiger partial charge in [0.05, 0.1) is 11.6 Å². The molecule has 6 nitrogen and oxygen atoms in total. The molecule has 0 spiro atoms. The van der Waals surface area contributed by atoms with Gasteiger partial charge in [0.2, 0.25) is 0 Å².